The number of ether oxygens (including phenoxy) is 2. The first-order chi connectivity index (χ1) is 12.5. The summed E-state index contributed by atoms with van der Waals surface area (Å²) in [5.74, 6) is 1.52. The van der Waals surface area contributed by atoms with Crippen LogP contribution in [0.5, 0.6) is 11.5 Å². The fourth-order valence-corrected chi connectivity index (χ4v) is 3.53. The Balaban J connectivity index is 0.000000254. The molecule has 0 aromatic heterocycles. The molecular weight excluding hydrogens is 343 g/mol. The highest BCUT2D eigenvalue weighted by molar-refractivity contribution is 7.61. The Morgan fingerprint density at radius 3 is 1.31 bits per heavy atom. The van der Waals surface area contributed by atoms with Crippen LogP contribution in [-0.2, 0) is 4.57 Å². The van der Waals surface area contributed by atoms with E-state index in [-0.39, 0.29) is 0 Å². The Bertz CT molecular complexity index is 773. The Kier molecular flexibility index (Phi) is 7.37. The van der Waals surface area contributed by atoms with Crippen molar-refractivity contribution in [3.63, 3.8) is 0 Å². The van der Waals surface area contributed by atoms with Gasteiger partial charge in [0.15, 0.2) is 10.6 Å². The van der Waals surface area contributed by atoms with Crippen molar-refractivity contribution in [3.05, 3.63) is 83.9 Å². The van der Waals surface area contributed by atoms with Gasteiger partial charge in [-0.3, -0.25) is 0 Å². The number of methoxy groups -OCH3 is 2. The number of benzene rings is 3. The van der Waals surface area contributed by atoms with Crippen LogP contribution in [0.1, 0.15) is 11.1 Å². The van der Waals surface area contributed by atoms with Crippen molar-refractivity contribution < 1.29 is 14.0 Å². The molecule has 3 aromatic rings. The first-order valence-corrected chi connectivity index (χ1v) is 9.58. The van der Waals surface area contributed by atoms with Gasteiger partial charge >= 0.3 is 7.80 Å². The summed E-state index contributed by atoms with van der Waals surface area (Å²) >= 11 is 0. The van der Waals surface area contributed by atoms with E-state index in [0.717, 1.165) is 22.1 Å². The van der Waals surface area contributed by atoms with Crippen LogP contribution >= 0.6 is 7.80 Å². The standard InChI is InChI=1S/C14H14O3P.C8H10/c1-16-11-3-7-13(8-4-11)18(15)14-9-5-12(17-2)6-10-14;1-7-4-3-5-8(2)6-7/h3-10H,1-2H3;3-6H,1-2H3/q+1;. The van der Waals surface area contributed by atoms with Gasteiger partial charge in [0.25, 0.3) is 0 Å². The molecule has 0 aliphatic rings. The summed E-state index contributed by atoms with van der Waals surface area (Å²) in [6.07, 6.45) is 0. The normalized spacial score (nSPS) is 9.69. The quantitative estimate of drug-likeness (QED) is 0.622. The summed E-state index contributed by atoms with van der Waals surface area (Å²) in [7, 11) is 1.65. The predicted molar refractivity (Wildman–Crippen MR) is 109 cm³/mol. The second kappa shape index (κ2) is 9.74. The van der Waals surface area contributed by atoms with Crippen molar-refractivity contribution in [2.45, 2.75) is 13.8 Å². The Morgan fingerprint density at radius 2 is 1.04 bits per heavy atom. The van der Waals surface area contributed by atoms with Crippen LogP contribution in [0.4, 0.5) is 0 Å². The van der Waals surface area contributed by atoms with E-state index in [9.17, 15) is 4.57 Å². The largest absolute Gasteiger partial charge is 0.497 e. The zero-order chi connectivity index (χ0) is 18.9. The maximum Gasteiger partial charge on any atom is 0.415 e. The van der Waals surface area contributed by atoms with Gasteiger partial charge in [-0.25, -0.2) is 0 Å². The molecule has 0 unspecified atom stereocenters. The van der Waals surface area contributed by atoms with Gasteiger partial charge in [0.2, 0.25) is 0 Å². The maximum absolute atomic E-state index is 12.3. The third-order valence-electron chi connectivity index (χ3n) is 3.79. The van der Waals surface area contributed by atoms with Gasteiger partial charge in [-0.05, 0) is 62.4 Å². The number of rotatable bonds is 4. The molecule has 0 amide bonds. The van der Waals surface area contributed by atoms with Crippen LogP contribution < -0.4 is 20.1 Å². The molecule has 0 atom stereocenters. The highest BCUT2D eigenvalue weighted by Gasteiger charge is 2.23. The second-order valence-electron chi connectivity index (χ2n) is 5.85. The molecule has 3 rings (SSSR count). The number of hydrogen-bond acceptors (Lipinski definition) is 3. The third-order valence-corrected chi connectivity index (χ3v) is 5.32. The lowest BCUT2D eigenvalue weighted by Gasteiger charge is -1.98. The Hall–Kier alpha value is -2.64. The van der Waals surface area contributed by atoms with E-state index in [0.29, 0.717) is 0 Å². The van der Waals surface area contributed by atoms with Gasteiger partial charge in [0.1, 0.15) is 11.5 Å². The predicted octanol–water partition coefficient (Wildman–Crippen LogP) is 4.79. The van der Waals surface area contributed by atoms with Crippen molar-refractivity contribution in [1.29, 1.82) is 0 Å². The minimum atomic E-state index is -1.57. The molecule has 134 valence electrons. The van der Waals surface area contributed by atoms with E-state index in [1.165, 1.54) is 11.1 Å². The molecule has 26 heavy (non-hydrogen) atoms. The van der Waals surface area contributed by atoms with Crippen LogP contribution in [0.15, 0.2) is 72.8 Å². The van der Waals surface area contributed by atoms with E-state index in [4.69, 9.17) is 9.47 Å². The SMILES string of the molecule is COc1ccc([P+](=O)c2ccc(OC)cc2)cc1.Cc1cccc(C)c1. The summed E-state index contributed by atoms with van der Waals surface area (Å²) in [5.41, 5.74) is 2.68. The van der Waals surface area contributed by atoms with Gasteiger partial charge < -0.3 is 9.47 Å². The molecule has 0 heterocycles. The zero-order valence-electron chi connectivity index (χ0n) is 15.6. The summed E-state index contributed by atoms with van der Waals surface area (Å²) in [4.78, 5) is 0. The minimum Gasteiger partial charge on any atom is -0.497 e. The summed E-state index contributed by atoms with van der Waals surface area (Å²) in [6.45, 7) is 4.21. The first-order valence-electron chi connectivity index (χ1n) is 8.32. The summed E-state index contributed by atoms with van der Waals surface area (Å²) in [6, 6.07) is 23.0. The molecular formula is C22H24O3P+. The molecule has 0 fully saturated rings. The summed E-state index contributed by atoms with van der Waals surface area (Å²) in [5, 5.41) is 1.58. The van der Waals surface area contributed by atoms with Crippen LogP contribution in [0, 0.1) is 13.8 Å². The lowest BCUT2D eigenvalue weighted by atomic mass is 10.2. The van der Waals surface area contributed by atoms with E-state index in [2.05, 4.69) is 38.1 Å². The van der Waals surface area contributed by atoms with Crippen molar-refractivity contribution in [2.75, 3.05) is 14.2 Å². The molecule has 4 heteroatoms. The molecule has 0 aliphatic heterocycles. The van der Waals surface area contributed by atoms with Crippen LogP contribution in [-0.4, -0.2) is 14.2 Å². The number of aryl methyl sites for hydroxylation is 2. The zero-order valence-corrected chi connectivity index (χ0v) is 16.5. The second-order valence-corrected chi connectivity index (χ2v) is 7.47. The average Bonchev–Trinajstić information content (AvgIpc) is 2.68. The van der Waals surface area contributed by atoms with Crippen molar-refractivity contribution >= 4 is 18.4 Å². The highest BCUT2D eigenvalue weighted by atomic mass is 31.1. The number of hydrogen-bond donors (Lipinski definition) is 0. The molecule has 3 nitrogen and oxygen atoms in total. The van der Waals surface area contributed by atoms with Crippen molar-refractivity contribution in [3.8, 4) is 11.5 Å². The fraction of sp³-hybridized carbons (Fsp3) is 0.182. The van der Waals surface area contributed by atoms with Gasteiger partial charge in [0.05, 0.1) is 14.2 Å². The highest BCUT2D eigenvalue weighted by Crippen LogP contribution is 2.22. The molecule has 0 radical (unpaired) electrons. The molecule has 0 bridgehead atoms. The van der Waals surface area contributed by atoms with E-state index < -0.39 is 7.80 Å². The van der Waals surface area contributed by atoms with Crippen LogP contribution in [0.2, 0.25) is 0 Å². The average molecular weight is 367 g/mol. The van der Waals surface area contributed by atoms with Crippen LogP contribution in [0.25, 0.3) is 0 Å². The molecule has 0 aliphatic carbocycles. The third kappa shape index (κ3) is 5.72. The lowest BCUT2D eigenvalue weighted by molar-refractivity contribution is 0.415. The monoisotopic (exact) mass is 367 g/mol. The molecule has 0 saturated heterocycles. The molecule has 3 aromatic carbocycles. The molecule has 0 N–H and O–H groups in total. The van der Waals surface area contributed by atoms with Gasteiger partial charge in [-0.1, -0.05) is 40.0 Å². The van der Waals surface area contributed by atoms with Gasteiger partial charge in [-0.2, -0.15) is 0 Å². The van der Waals surface area contributed by atoms with E-state index in [1.54, 1.807) is 14.2 Å². The lowest BCUT2D eigenvalue weighted by Crippen LogP contribution is -2.06. The van der Waals surface area contributed by atoms with Gasteiger partial charge in [-0.15, -0.1) is 0 Å². The fourth-order valence-electron chi connectivity index (χ4n) is 2.39. The van der Waals surface area contributed by atoms with Gasteiger partial charge in [0, 0.05) is 0 Å². The molecule has 0 spiro atoms. The topological polar surface area (TPSA) is 35.5 Å². The van der Waals surface area contributed by atoms with Crippen LogP contribution in [0.3, 0.4) is 0 Å². The van der Waals surface area contributed by atoms with E-state index in [1.807, 2.05) is 48.5 Å². The Morgan fingerprint density at radius 1 is 0.654 bits per heavy atom. The Labute approximate surface area is 156 Å². The summed E-state index contributed by atoms with van der Waals surface area (Å²) < 4.78 is 22.5. The molecule has 0 saturated carbocycles. The maximum atomic E-state index is 12.3. The van der Waals surface area contributed by atoms with Crippen molar-refractivity contribution in [2.24, 2.45) is 0 Å². The first kappa shape index (κ1) is 19.7. The van der Waals surface area contributed by atoms with Crippen molar-refractivity contribution in [1.82, 2.24) is 0 Å². The van der Waals surface area contributed by atoms with E-state index >= 15 is 0 Å². The minimum absolute atomic E-state index is 0.761. The smallest absolute Gasteiger partial charge is 0.415 e.